The highest BCUT2D eigenvalue weighted by Gasteiger charge is 2.06. The van der Waals surface area contributed by atoms with Gasteiger partial charge in [0.1, 0.15) is 6.54 Å². The van der Waals surface area contributed by atoms with Crippen molar-refractivity contribution < 1.29 is 9.96 Å². The zero-order valence-electron chi connectivity index (χ0n) is 7.83. The summed E-state index contributed by atoms with van der Waals surface area (Å²) in [6, 6.07) is 12.0. The highest BCUT2D eigenvalue weighted by Crippen LogP contribution is 2.01. The van der Waals surface area contributed by atoms with Crippen molar-refractivity contribution in [2.24, 2.45) is 0 Å². The minimum Gasteiger partial charge on any atom is -0.870 e. The van der Waals surface area contributed by atoms with Gasteiger partial charge in [-0.1, -0.05) is 18.2 Å². The van der Waals surface area contributed by atoms with Crippen molar-refractivity contribution in [3.8, 4) is 0 Å². The maximum Gasteiger partial charge on any atom is 0.112 e. The van der Waals surface area contributed by atoms with Gasteiger partial charge in [0.2, 0.25) is 0 Å². The molecule has 0 aliphatic carbocycles. The molecular weight excluding hydrogens is 150 g/mol. The molecule has 0 amide bonds. The summed E-state index contributed by atoms with van der Waals surface area (Å²) in [6.45, 7) is 1.01. The van der Waals surface area contributed by atoms with Gasteiger partial charge >= 0.3 is 0 Å². The van der Waals surface area contributed by atoms with Crippen molar-refractivity contribution in [1.82, 2.24) is 0 Å². The molecule has 0 spiro atoms. The monoisotopic (exact) mass is 165 g/mol. The zero-order valence-corrected chi connectivity index (χ0v) is 7.83. The SMILES string of the molecule is C[N+](C)(C)Cc1c#cccc1.[OH-]. The fourth-order valence-corrected chi connectivity index (χ4v) is 0.992. The van der Waals surface area contributed by atoms with Crippen LogP contribution in [0.25, 0.3) is 0 Å². The molecule has 0 bridgehead atoms. The van der Waals surface area contributed by atoms with Crippen molar-refractivity contribution >= 4 is 0 Å². The predicted octanol–water partition coefficient (Wildman–Crippen LogP) is 1.32. The predicted molar refractivity (Wildman–Crippen MR) is 47.8 cm³/mol. The summed E-state index contributed by atoms with van der Waals surface area (Å²) in [5, 5.41) is 0. The van der Waals surface area contributed by atoms with Gasteiger partial charge in [-0.15, -0.1) is 0 Å². The van der Waals surface area contributed by atoms with Gasteiger partial charge in [-0.05, 0) is 12.1 Å². The molecule has 1 aromatic carbocycles. The summed E-state index contributed by atoms with van der Waals surface area (Å²) < 4.78 is 0.939. The molecule has 1 N–H and O–H groups in total. The molecule has 66 valence electrons. The van der Waals surface area contributed by atoms with Gasteiger partial charge in [0.05, 0.1) is 26.7 Å². The largest absolute Gasteiger partial charge is 0.870 e. The smallest absolute Gasteiger partial charge is 0.112 e. The quantitative estimate of drug-likeness (QED) is 0.608. The van der Waals surface area contributed by atoms with Crippen molar-refractivity contribution in [2.45, 2.75) is 6.54 Å². The fraction of sp³-hybridized carbons (Fsp3) is 0.400. The number of rotatable bonds is 2. The molecule has 0 radical (unpaired) electrons. The van der Waals surface area contributed by atoms with Gasteiger partial charge in [-0.3, -0.25) is 0 Å². The van der Waals surface area contributed by atoms with Crippen molar-refractivity contribution in [3.05, 3.63) is 35.9 Å². The zero-order chi connectivity index (χ0) is 8.32. The van der Waals surface area contributed by atoms with E-state index in [2.05, 4.69) is 39.3 Å². The van der Waals surface area contributed by atoms with Crippen LogP contribution in [0.2, 0.25) is 0 Å². The van der Waals surface area contributed by atoms with E-state index in [0.717, 1.165) is 11.0 Å². The second kappa shape index (κ2) is 4.10. The summed E-state index contributed by atoms with van der Waals surface area (Å²) in [4.78, 5) is 0. The molecule has 12 heavy (non-hydrogen) atoms. The first-order chi connectivity index (χ1) is 5.08. The van der Waals surface area contributed by atoms with Crippen molar-refractivity contribution in [2.75, 3.05) is 21.1 Å². The van der Waals surface area contributed by atoms with Crippen LogP contribution in [0.5, 0.6) is 0 Å². The van der Waals surface area contributed by atoms with E-state index in [4.69, 9.17) is 0 Å². The molecule has 0 atom stereocenters. The molecule has 2 heteroatoms. The topological polar surface area (TPSA) is 30.0 Å². The van der Waals surface area contributed by atoms with Crippen LogP contribution in [0.15, 0.2) is 18.2 Å². The Balaban J connectivity index is 0.00000121. The Hall–Kier alpha value is -1.04. The van der Waals surface area contributed by atoms with Crippen LogP contribution in [-0.2, 0) is 6.54 Å². The molecule has 0 saturated carbocycles. The molecule has 1 aromatic rings. The van der Waals surface area contributed by atoms with Crippen LogP contribution in [0, 0.1) is 12.1 Å². The Bertz CT molecular complexity index is 213. The van der Waals surface area contributed by atoms with Crippen LogP contribution in [0.4, 0.5) is 0 Å². The van der Waals surface area contributed by atoms with E-state index in [1.165, 1.54) is 5.56 Å². The third-order valence-electron chi connectivity index (χ3n) is 1.35. The van der Waals surface area contributed by atoms with E-state index in [0.29, 0.717) is 0 Å². The van der Waals surface area contributed by atoms with Crippen molar-refractivity contribution in [1.29, 1.82) is 0 Å². The lowest BCUT2D eigenvalue weighted by atomic mass is 10.2. The molecule has 0 aliphatic heterocycles. The maximum absolute atomic E-state index is 3.08. The van der Waals surface area contributed by atoms with E-state index in [9.17, 15) is 0 Å². The molecular formula is C10H15NO. The summed E-state index contributed by atoms with van der Waals surface area (Å²) in [5.74, 6) is 0. The molecule has 0 unspecified atom stereocenters. The van der Waals surface area contributed by atoms with Gasteiger partial charge in [-0.25, -0.2) is 0 Å². The average molecular weight is 165 g/mol. The highest BCUT2D eigenvalue weighted by molar-refractivity contribution is 5.05. The van der Waals surface area contributed by atoms with Crippen LogP contribution in [-0.4, -0.2) is 31.1 Å². The van der Waals surface area contributed by atoms with Crippen LogP contribution in [0.1, 0.15) is 5.56 Å². The normalized spacial score (nSPS) is 9.92. The van der Waals surface area contributed by atoms with E-state index >= 15 is 0 Å². The molecule has 1 rings (SSSR count). The Kier molecular flexibility index (Phi) is 3.75. The Labute approximate surface area is 74.3 Å². The summed E-state index contributed by atoms with van der Waals surface area (Å²) >= 11 is 0. The highest BCUT2D eigenvalue weighted by atomic mass is 16.0. The first-order valence-electron chi connectivity index (χ1n) is 3.76. The molecule has 0 fully saturated rings. The summed E-state index contributed by atoms with van der Waals surface area (Å²) in [6.07, 6.45) is 0. The number of nitrogens with zero attached hydrogens (tertiary/aromatic N) is 1. The average Bonchev–Trinajstić information content (AvgIpc) is 1.85. The molecule has 2 nitrogen and oxygen atoms in total. The standard InChI is InChI=1S/C10H14N.H2O/c1-11(2,3)9-10-7-5-4-6-8-10;/h4-5,7H,9H2,1-3H3;1H2/q+1;/p-1. The minimum absolute atomic E-state index is 0. The third-order valence-corrected chi connectivity index (χ3v) is 1.35. The molecule has 0 heterocycles. The molecule has 0 saturated heterocycles. The number of hydrogen-bond acceptors (Lipinski definition) is 1. The number of quaternary nitrogens is 1. The Morgan fingerprint density at radius 2 is 2.00 bits per heavy atom. The fourth-order valence-electron chi connectivity index (χ4n) is 0.992. The third kappa shape index (κ3) is 3.97. The van der Waals surface area contributed by atoms with E-state index in [1.807, 2.05) is 12.1 Å². The lowest BCUT2D eigenvalue weighted by molar-refractivity contribution is -0.884. The second-order valence-electron chi connectivity index (χ2n) is 3.77. The van der Waals surface area contributed by atoms with Gasteiger partial charge < -0.3 is 9.96 Å². The van der Waals surface area contributed by atoms with Gasteiger partial charge in [0.25, 0.3) is 0 Å². The lowest BCUT2D eigenvalue weighted by Gasteiger charge is -2.22. The van der Waals surface area contributed by atoms with E-state index in [1.54, 1.807) is 0 Å². The first kappa shape index (κ1) is 11.0. The molecule has 0 aliphatic rings. The number of hydrogen-bond donors (Lipinski definition) is 0. The Morgan fingerprint density at radius 1 is 1.33 bits per heavy atom. The Morgan fingerprint density at radius 3 is 2.42 bits per heavy atom. The van der Waals surface area contributed by atoms with Crippen LogP contribution in [0.3, 0.4) is 0 Å². The van der Waals surface area contributed by atoms with Gasteiger partial charge in [0, 0.05) is 0 Å². The van der Waals surface area contributed by atoms with Crippen molar-refractivity contribution in [3.63, 3.8) is 0 Å². The summed E-state index contributed by atoms with van der Waals surface area (Å²) in [7, 11) is 6.50. The van der Waals surface area contributed by atoms with E-state index < -0.39 is 0 Å². The van der Waals surface area contributed by atoms with Gasteiger partial charge in [-0.2, -0.15) is 0 Å². The molecule has 0 aromatic heterocycles. The van der Waals surface area contributed by atoms with Gasteiger partial charge in [0.15, 0.2) is 0 Å². The maximum atomic E-state index is 3.08. The second-order valence-corrected chi connectivity index (χ2v) is 3.77. The summed E-state index contributed by atoms with van der Waals surface area (Å²) in [5.41, 5.74) is 1.22. The van der Waals surface area contributed by atoms with Crippen LogP contribution >= 0.6 is 0 Å². The first-order valence-corrected chi connectivity index (χ1v) is 3.76. The van der Waals surface area contributed by atoms with E-state index in [-0.39, 0.29) is 5.48 Å². The lowest BCUT2D eigenvalue weighted by Crippen LogP contribution is -2.33. The van der Waals surface area contributed by atoms with Crippen LogP contribution < -0.4 is 0 Å². The minimum atomic E-state index is 0.